The van der Waals surface area contributed by atoms with Crippen LogP contribution >= 0.6 is 11.6 Å². The molecule has 1 aliphatic carbocycles. The molecule has 1 aliphatic heterocycles. The lowest BCUT2D eigenvalue weighted by Gasteiger charge is -2.34. The summed E-state index contributed by atoms with van der Waals surface area (Å²) < 4.78 is 0. The van der Waals surface area contributed by atoms with Gasteiger partial charge in [-0.2, -0.15) is 0 Å². The Morgan fingerprint density at radius 3 is 2.62 bits per heavy atom. The second-order valence-electron chi connectivity index (χ2n) is 6.06. The van der Waals surface area contributed by atoms with Gasteiger partial charge in [-0.05, 0) is 37.3 Å². The van der Waals surface area contributed by atoms with Gasteiger partial charge in [0.25, 0.3) is 5.91 Å². The van der Waals surface area contributed by atoms with E-state index < -0.39 is 0 Å². The minimum Gasteiger partial charge on any atom is -0.336 e. The first-order chi connectivity index (χ1) is 10.2. The van der Waals surface area contributed by atoms with E-state index in [0.717, 1.165) is 44.2 Å². The lowest BCUT2D eigenvalue weighted by molar-refractivity contribution is 0.0632. The normalized spacial score (nSPS) is 19.8. The van der Waals surface area contributed by atoms with Gasteiger partial charge in [0.05, 0.1) is 0 Å². The lowest BCUT2D eigenvalue weighted by atomic mass is 10.1. The molecule has 2 fully saturated rings. The quantitative estimate of drug-likeness (QED) is 0.802. The van der Waals surface area contributed by atoms with Crippen LogP contribution in [0, 0.1) is 5.92 Å². The van der Waals surface area contributed by atoms with Crippen molar-refractivity contribution in [2.45, 2.75) is 26.2 Å². The molecule has 114 valence electrons. The van der Waals surface area contributed by atoms with Crippen LogP contribution in [0.4, 0.5) is 0 Å². The number of amides is 1. The van der Waals surface area contributed by atoms with Crippen LogP contribution in [0.2, 0.25) is 5.15 Å². The van der Waals surface area contributed by atoms with Crippen LogP contribution in [0.1, 0.15) is 35.8 Å². The van der Waals surface area contributed by atoms with E-state index in [4.69, 9.17) is 11.6 Å². The van der Waals surface area contributed by atoms with Gasteiger partial charge >= 0.3 is 0 Å². The Bertz CT molecular complexity index is 522. The summed E-state index contributed by atoms with van der Waals surface area (Å²) in [4.78, 5) is 21.2. The third-order valence-electron chi connectivity index (χ3n) is 4.33. The van der Waals surface area contributed by atoms with Crippen LogP contribution in [0.3, 0.4) is 0 Å². The number of halogens is 1. The predicted octanol–water partition coefficient (Wildman–Crippen LogP) is 2.47. The molecular weight excluding hydrogens is 286 g/mol. The molecule has 0 aromatic carbocycles. The maximum Gasteiger partial charge on any atom is 0.254 e. The molecule has 1 aromatic heterocycles. The number of nitrogens with zero attached hydrogens (tertiary/aromatic N) is 3. The van der Waals surface area contributed by atoms with Crippen molar-refractivity contribution in [1.29, 1.82) is 0 Å². The van der Waals surface area contributed by atoms with Crippen LogP contribution in [-0.2, 0) is 6.42 Å². The summed E-state index contributed by atoms with van der Waals surface area (Å²) in [5.74, 6) is 0.999. The van der Waals surface area contributed by atoms with Gasteiger partial charge in [0.2, 0.25) is 0 Å². The molecule has 0 radical (unpaired) electrons. The van der Waals surface area contributed by atoms with Gasteiger partial charge in [-0.3, -0.25) is 9.69 Å². The Labute approximate surface area is 131 Å². The van der Waals surface area contributed by atoms with Crippen LogP contribution in [0.5, 0.6) is 0 Å². The van der Waals surface area contributed by atoms with Crippen LogP contribution in [0.15, 0.2) is 12.1 Å². The average Bonchev–Trinajstić information content (AvgIpc) is 3.30. The van der Waals surface area contributed by atoms with E-state index in [1.54, 1.807) is 6.07 Å². The second kappa shape index (κ2) is 6.32. The molecule has 0 N–H and O–H groups in total. The third-order valence-corrected chi connectivity index (χ3v) is 4.52. The molecule has 1 amide bonds. The molecule has 0 spiro atoms. The summed E-state index contributed by atoms with van der Waals surface area (Å²) in [7, 11) is 0. The highest BCUT2D eigenvalue weighted by Gasteiger charge is 2.28. The smallest absolute Gasteiger partial charge is 0.254 e. The molecule has 1 saturated heterocycles. The summed E-state index contributed by atoms with van der Waals surface area (Å²) in [5, 5.41) is 0.407. The van der Waals surface area contributed by atoms with Crippen LogP contribution in [0.25, 0.3) is 0 Å². The fraction of sp³-hybridized carbons (Fsp3) is 0.625. The van der Waals surface area contributed by atoms with Gasteiger partial charge in [0.1, 0.15) is 5.15 Å². The van der Waals surface area contributed by atoms with E-state index in [2.05, 4.69) is 9.88 Å². The number of carbonyl (C=O) groups is 1. The maximum absolute atomic E-state index is 12.6. The highest BCUT2D eigenvalue weighted by molar-refractivity contribution is 6.29. The number of piperazine rings is 1. The fourth-order valence-corrected chi connectivity index (χ4v) is 3.06. The molecule has 2 heterocycles. The van der Waals surface area contributed by atoms with Gasteiger partial charge in [0, 0.05) is 44.0 Å². The van der Waals surface area contributed by atoms with Gasteiger partial charge in [-0.1, -0.05) is 18.5 Å². The number of hydrogen-bond donors (Lipinski definition) is 0. The average molecular weight is 308 g/mol. The Kier molecular flexibility index (Phi) is 4.45. The van der Waals surface area contributed by atoms with Crippen molar-refractivity contribution in [1.82, 2.24) is 14.8 Å². The first kappa shape index (κ1) is 14.8. The van der Waals surface area contributed by atoms with Crippen molar-refractivity contribution < 1.29 is 4.79 Å². The first-order valence-electron chi connectivity index (χ1n) is 7.84. The summed E-state index contributed by atoms with van der Waals surface area (Å²) in [6.07, 6.45) is 3.55. The monoisotopic (exact) mass is 307 g/mol. The molecule has 4 nitrogen and oxygen atoms in total. The largest absolute Gasteiger partial charge is 0.336 e. The van der Waals surface area contributed by atoms with E-state index in [-0.39, 0.29) is 5.91 Å². The summed E-state index contributed by atoms with van der Waals surface area (Å²) in [6, 6.07) is 3.55. The van der Waals surface area contributed by atoms with Crippen molar-refractivity contribution in [2.24, 2.45) is 5.92 Å². The van der Waals surface area contributed by atoms with Gasteiger partial charge in [-0.25, -0.2) is 4.98 Å². The summed E-state index contributed by atoms with van der Waals surface area (Å²) in [6.45, 7) is 6.83. The van der Waals surface area contributed by atoms with Crippen molar-refractivity contribution >= 4 is 17.5 Å². The van der Waals surface area contributed by atoms with Crippen molar-refractivity contribution in [3.05, 3.63) is 28.5 Å². The zero-order chi connectivity index (χ0) is 14.8. The third kappa shape index (κ3) is 3.74. The Balaban J connectivity index is 1.61. The Morgan fingerprint density at radius 1 is 1.29 bits per heavy atom. The highest BCUT2D eigenvalue weighted by Crippen LogP contribution is 2.30. The summed E-state index contributed by atoms with van der Waals surface area (Å²) >= 11 is 6.01. The van der Waals surface area contributed by atoms with E-state index >= 15 is 0 Å². The molecule has 0 bridgehead atoms. The predicted molar refractivity (Wildman–Crippen MR) is 83.7 cm³/mol. The van der Waals surface area contributed by atoms with Crippen molar-refractivity contribution in [3.63, 3.8) is 0 Å². The van der Waals surface area contributed by atoms with E-state index in [1.807, 2.05) is 17.9 Å². The highest BCUT2D eigenvalue weighted by atomic mass is 35.5. The van der Waals surface area contributed by atoms with Gasteiger partial charge in [-0.15, -0.1) is 0 Å². The first-order valence-corrected chi connectivity index (χ1v) is 8.21. The van der Waals surface area contributed by atoms with Crippen molar-refractivity contribution in [3.8, 4) is 0 Å². The number of aryl methyl sites for hydroxylation is 1. The molecule has 0 atom stereocenters. The molecule has 21 heavy (non-hydrogen) atoms. The molecule has 5 heteroatoms. The fourth-order valence-electron chi connectivity index (χ4n) is 2.84. The van der Waals surface area contributed by atoms with Gasteiger partial charge < -0.3 is 4.90 Å². The molecule has 1 saturated carbocycles. The lowest BCUT2D eigenvalue weighted by Crippen LogP contribution is -2.49. The summed E-state index contributed by atoms with van der Waals surface area (Å²) in [5.41, 5.74) is 1.54. The van der Waals surface area contributed by atoms with E-state index in [9.17, 15) is 4.79 Å². The minimum absolute atomic E-state index is 0.0834. The molecule has 1 aromatic rings. The number of carbonyl (C=O) groups excluding carboxylic acids is 1. The maximum atomic E-state index is 12.6. The zero-order valence-corrected chi connectivity index (χ0v) is 13.3. The number of pyridine rings is 1. The zero-order valence-electron chi connectivity index (χ0n) is 12.5. The van der Waals surface area contributed by atoms with Crippen molar-refractivity contribution in [2.75, 3.05) is 32.7 Å². The van der Waals surface area contributed by atoms with Gasteiger partial charge in [0.15, 0.2) is 0 Å². The van der Waals surface area contributed by atoms with E-state index in [0.29, 0.717) is 10.7 Å². The Hall–Kier alpha value is -1.13. The molecule has 0 unspecified atom stereocenters. The Morgan fingerprint density at radius 2 is 2.00 bits per heavy atom. The topological polar surface area (TPSA) is 36.4 Å². The number of rotatable bonds is 4. The van der Waals surface area contributed by atoms with Crippen LogP contribution in [-0.4, -0.2) is 53.4 Å². The number of aromatic nitrogens is 1. The SMILES string of the molecule is CCc1cc(C(=O)N2CCN(CC3CC3)CC2)cc(Cl)n1. The standard InChI is InChI=1S/C16H22ClN3O/c1-2-14-9-13(10-15(17)18-14)16(21)20-7-5-19(6-8-20)11-12-3-4-12/h9-10,12H,2-8,11H2,1H3. The minimum atomic E-state index is 0.0834. The second-order valence-corrected chi connectivity index (χ2v) is 6.45. The van der Waals surface area contributed by atoms with E-state index in [1.165, 1.54) is 19.4 Å². The number of hydrogen-bond acceptors (Lipinski definition) is 3. The molecule has 3 rings (SSSR count). The van der Waals surface area contributed by atoms with Crippen LogP contribution < -0.4 is 0 Å². The molecule has 2 aliphatic rings. The molecular formula is C16H22ClN3O.